The molecule has 1 aromatic rings. The molecule has 2 rings (SSSR count). The molecule has 0 bridgehead atoms. The molecule has 1 heterocycles. The van der Waals surface area contributed by atoms with Crippen LogP contribution in [0.5, 0.6) is 0 Å². The largest absolute Gasteiger partial charge is 0.295 e. The summed E-state index contributed by atoms with van der Waals surface area (Å²) in [6.45, 7) is 1.43. The lowest BCUT2D eigenvalue weighted by molar-refractivity contribution is 0.0935. The standard InChI is InChI=1S/C13H16INO3S/c14-12-4-2-11(3-5-12)13(16)10-15-6-1-8-19(17,18)9-7-15/h2-5H,1,6-10H2. The van der Waals surface area contributed by atoms with Crippen LogP contribution in [0, 0.1) is 3.57 Å². The van der Waals surface area contributed by atoms with Crippen molar-refractivity contribution in [2.45, 2.75) is 6.42 Å². The molecule has 1 fully saturated rings. The zero-order valence-corrected chi connectivity index (χ0v) is 13.5. The third kappa shape index (κ3) is 4.54. The molecule has 1 aromatic carbocycles. The lowest BCUT2D eigenvalue weighted by atomic mass is 10.1. The molecule has 0 radical (unpaired) electrons. The minimum Gasteiger partial charge on any atom is -0.295 e. The molecular formula is C13H16INO3S. The number of nitrogens with zero attached hydrogens (tertiary/aromatic N) is 1. The molecule has 0 spiro atoms. The molecular weight excluding hydrogens is 377 g/mol. The van der Waals surface area contributed by atoms with Gasteiger partial charge in [0.1, 0.15) is 0 Å². The van der Waals surface area contributed by atoms with Gasteiger partial charge in [0.2, 0.25) is 0 Å². The molecule has 0 saturated carbocycles. The van der Waals surface area contributed by atoms with Gasteiger partial charge < -0.3 is 0 Å². The fourth-order valence-corrected chi connectivity index (χ4v) is 3.75. The highest BCUT2D eigenvalue weighted by atomic mass is 127. The van der Waals surface area contributed by atoms with Gasteiger partial charge in [-0.05, 0) is 47.7 Å². The van der Waals surface area contributed by atoms with E-state index in [1.54, 1.807) is 0 Å². The summed E-state index contributed by atoms with van der Waals surface area (Å²) in [5.74, 6) is 0.449. The van der Waals surface area contributed by atoms with Crippen LogP contribution in [-0.2, 0) is 9.84 Å². The maximum absolute atomic E-state index is 12.1. The van der Waals surface area contributed by atoms with Gasteiger partial charge in [-0.1, -0.05) is 12.1 Å². The first-order chi connectivity index (χ1) is 8.96. The summed E-state index contributed by atoms with van der Waals surface area (Å²) in [6.07, 6.45) is 0.613. The Bertz CT molecular complexity index is 554. The molecule has 1 aliphatic heterocycles. The van der Waals surface area contributed by atoms with Crippen molar-refractivity contribution < 1.29 is 13.2 Å². The summed E-state index contributed by atoms with van der Waals surface area (Å²) in [6, 6.07) is 7.44. The topological polar surface area (TPSA) is 54.5 Å². The van der Waals surface area contributed by atoms with Crippen molar-refractivity contribution in [3.05, 3.63) is 33.4 Å². The van der Waals surface area contributed by atoms with Crippen LogP contribution in [0.15, 0.2) is 24.3 Å². The summed E-state index contributed by atoms with van der Waals surface area (Å²) in [7, 11) is -2.91. The first-order valence-corrected chi connectivity index (χ1v) is 9.08. The molecule has 1 aliphatic rings. The smallest absolute Gasteiger partial charge is 0.176 e. The number of ketones is 1. The normalized spacial score (nSPS) is 19.8. The first kappa shape index (κ1) is 14.9. The van der Waals surface area contributed by atoms with E-state index in [0.717, 1.165) is 3.57 Å². The minimum atomic E-state index is -2.91. The maximum Gasteiger partial charge on any atom is 0.176 e. The van der Waals surface area contributed by atoms with E-state index in [-0.39, 0.29) is 17.3 Å². The third-order valence-corrected chi connectivity index (χ3v) is 5.62. The monoisotopic (exact) mass is 393 g/mol. The second-order valence-corrected chi connectivity index (χ2v) is 8.26. The van der Waals surface area contributed by atoms with Crippen LogP contribution in [0.25, 0.3) is 0 Å². The van der Waals surface area contributed by atoms with Crippen molar-refractivity contribution >= 4 is 38.2 Å². The van der Waals surface area contributed by atoms with Crippen LogP contribution >= 0.6 is 22.6 Å². The van der Waals surface area contributed by atoms with Gasteiger partial charge in [-0.2, -0.15) is 0 Å². The number of carbonyl (C=O) groups is 1. The zero-order chi connectivity index (χ0) is 13.9. The summed E-state index contributed by atoms with van der Waals surface area (Å²) in [4.78, 5) is 14.0. The van der Waals surface area contributed by atoms with Crippen LogP contribution in [0.2, 0.25) is 0 Å². The van der Waals surface area contributed by atoms with Crippen LogP contribution in [0.1, 0.15) is 16.8 Å². The Morgan fingerprint density at radius 3 is 2.53 bits per heavy atom. The lowest BCUT2D eigenvalue weighted by Crippen LogP contribution is -2.32. The van der Waals surface area contributed by atoms with Gasteiger partial charge in [0, 0.05) is 15.7 Å². The van der Waals surface area contributed by atoms with Crippen molar-refractivity contribution in [1.82, 2.24) is 4.90 Å². The molecule has 0 unspecified atom stereocenters. The second-order valence-electron chi connectivity index (χ2n) is 4.71. The molecule has 6 heteroatoms. The van der Waals surface area contributed by atoms with Gasteiger partial charge >= 0.3 is 0 Å². The van der Waals surface area contributed by atoms with Crippen molar-refractivity contribution in [3.8, 4) is 0 Å². The van der Waals surface area contributed by atoms with E-state index < -0.39 is 9.84 Å². The average molecular weight is 393 g/mol. The number of rotatable bonds is 3. The van der Waals surface area contributed by atoms with Gasteiger partial charge in [-0.25, -0.2) is 8.42 Å². The number of hydrogen-bond donors (Lipinski definition) is 0. The average Bonchev–Trinajstić information content (AvgIpc) is 2.52. The molecule has 4 nitrogen and oxygen atoms in total. The fraction of sp³-hybridized carbons (Fsp3) is 0.462. The Balaban J connectivity index is 1.97. The lowest BCUT2D eigenvalue weighted by Gasteiger charge is -2.18. The Hall–Kier alpha value is -0.470. The molecule has 0 atom stereocenters. The van der Waals surface area contributed by atoms with Crippen molar-refractivity contribution in [3.63, 3.8) is 0 Å². The van der Waals surface area contributed by atoms with Gasteiger partial charge in [-0.15, -0.1) is 0 Å². The van der Waals surface area contributed by atoms with E-state index in [4.69, 9.17) is 0 Å². The van der Waals surface area contributed by atoms with E-state index >= 15 is 0 Å². The summed E-state index contributed by atoms with van der Waals surface area (Å²) < 4.78 is 24.1. The van der Waals surface area contributed by atoms with Crippen LogP contribution in [-0.4, -0.2) is 50.2 Å². The van der Waals surface area contributed by atoms with Crippen molar-refractivity contribution in [2.75, 3.05) is 31.1 Å². The van der Waals surface area contributed by atoms with E-state index in [1.807, 2.05) is 29.2 Å². The molecule has 0 N–H and O–H groups in total. The highest BCUT2D eigenvalue weighted by Crippen LogP contribution is 2.10. The Morgan fingerprint density at radius 2 is 1.84 bits per heavy atom. The SMILES string of the molecule is O=C(CN1CCCS(=O)(=O)CC1)c1ccc(I)cc1. The molecule has 104 valence electrons. The van der Waals surface area contributed by atoms with Gasteiger partial charge in [0.15, 0.2) is 15.6 Å². The highest BCUT2D eigenvalue weighted by Gasteiger charge is 2.20. The van der Waals surface area contributed by atoms with Gasteiger partial charge in [-0.3, -0.25) is 9.69 Å². The van der Waals surface area contributed by atoms with E-state index in [2.05, 4.69) is 22.6 Å². The molecule has 1 saturated heterocycles. The first-order valence-electron chi connectivity index (χ1n) is 6.18. The number of sulfone groups is 1. The van der Waals surface area contributed by atoms with Gasteiger partial charge in [0.05, 0.1) is 18.1 Å². The number of halogens is 1. The number of Topliss-reactive ketones (excluding diaryl/α,β-unsaturated/α-hetero) is 1. The van der Waals surface area contributed by atoms with Crippen molar-refractivity contribution in [2.24, 2.45) is 0 Å². The molecule has 19 heavy (non-hydrogen) atoms. The Labute approximate surface area is 127 Å². The van der Waals surface area contributed by atoms with E-state index in [0.29, 0.717) is 31.6 Å². The Kier molecular flexibility index (Phi) is 4.97. The van der Waals surface area contributed by atoms with E-state index in [9.17, 15) is 13.2 Å². The number of hydrogen-bond acceptors (Lipinski definition) is 4. The fourth-order valence-electron chi connectivity index (χ4n) is 2.08. The zero-order valence-electron chi connectivity index (χ0n) is 10.5. The quantitative estimate of drug-likeness (QED) is 0.578. The number of benzene rings is 1. The van der Waals surface area contributed by atoms with Crippen LogP contribution in [0.4, 0.5) is 0 Å². The Morgan fingerprint density at radius 1 is 1.16 bits per heavy atom. The summed E-state index contributed by atoms with van der Waals surface area (Å²) in [5.41, 5.74) is 0.688. The van der Waals surface area contributed by atoms with Gasteiger partial charge in [0.25, 0.3) is 0 Å². The summed E-state index contributed by atoms with van der Waals surface area (Å²) >= 11 is 2.20. The number of carbonyl (C=O) groups excluding carboxylic acids is 1. The predicted octanol–water partition coefficient (Wildman–Crippen LogP) is 1.59. The van der Waals surface area contributed by atoms with E-state index in [1.165, 1.54) is 0 Å². The highest BCUT2D eigenvalue weighted by molar-refractivity contribution is 14.1. The molecule has 0 amide bonds. The summed E-state index contributed by atoms with van der Waals surface area (Å²) in [5, 5.41) is 0. The molecule has 0 aromatic heterocycles. The van der Waals surface area contributed by atoms with Crippen LogP contribution in [0.3, 0.4) is 0 Å². The minimum absolute atomic E-state index is 0.0516. The maximum atomic E-state index is 12.1. The molecule has 0 aliphatic carbocycles. The third-order valence-electron chi connectivity index (χ3n) is 3.18. The van der Waals surface area contributed by atoms with Crippen molar-refractivity contribution in [1.29, 1.82) is 0 Å². The predicted molar refractivity (Wildman–Crippen MR) is 83.2 cm³/mol. The van der Waals surface area contributed by atoms with Crippen LogP contribution < -0.4 is 0 Å². The second kappa shape index (κ2) is 6.32.